The normalized spacial score (nSPS) is 11.1. The number of benzene rings is 2. The molecule has 5 nitrogen and oxygen atoms in total. The molecule has 0 aliphatic heterocycles. The Kier molecular flexibility index (Phi) is 8.69. The lowest BCUT2D eigenvalue weighted by Crippen LogP contribution is -2.07. The Morgan fingerprint density at radius 1 is 1.03 bits per heavy atom. The molecule has 0 spiro atoms. The summed E-state index contributed by atoms with van der Waals surface area (Å²) < 4.78 is 2.04. The average Bonchev–Trinajstić information content (AvgIpc) is 3.13. The highest BCUT2D eigenvalue weighted by Crippen LogP contribution is 2.23. The third kappa shape index (κ3) is 6.60. The third-order valence-electron chi connectivity index (χ3n) is 6.15. The molecule has 0 aliphatic rings. The van der Waals surface area contributed by atoms with Crippen LogP contribution in [0.3, 0.4) is 0 Å². The summed E-state index contributed by atoms with van der Waals surface area (Å²) in [5.41, 5.74) is 6.79. The topological polar surface area (TPSA) is 71.3 Å². The highest BCUT2D eigenvalue weighted by Gasteiger charge is 2.19. The fourth-order valence-corrected chi connectivity index (χ4v) is 4.38. The number of nitrogens with one attached hydrogen (secondary N) is 1. The van der Waals surface area contributed by atoms with Crippen LogP contribution in [0.1, 0.15) is 72.0 Å². The van der Waals surface area contributed by atoms with E-state index < -0.39 is 5.97 Å². The standard InChI is InChI=1S/C29H36N2O3/c1-5-27-26(18-25(31(27)4)10-7-11-28(32)33)29(34)23-8-6-9-24(17-23)30-19-22-14-12-21(13-15-22)16-20(2)3/h6,8-9,12-15,17-18,20,30H,5,7,10-11,16,19H2,1-4H3,(H,32,33). The van der Waals surface area contributed by atoms with E-state index in [1.54, 1.807) is 0 Å². The van der Waals surface area contributed by atoms with Gasteiger partial charge in [-0.05, 0) is 60.9 Å². The Morgan fingerprint density at radius 3 is 2.38 bits per heavy atom. The van der Waals surface area contributed by atoms with Gasteiger partial charge >= 0.3 is 5.97 Å². The summed E-state index contributed by atoms with van der Waals surface area (Å²) in [5.74, 6) is -0.154. The Balaban J connectivity index is 1.71. The molecule has 0 atom stereocenters. The van der Waals surface area contributed by atoms with Gasteiger partial charge in [-0.15, -0.1) is 0 Å². The fourth-order valence-electron chi connectivity index (χ4n) is 4.38. The van der Waals surface area contributed by atoms with E-state index in [4.69, 9.17) is 5.11 Å². The van der Waals surface area contributed by atoms with Crippen LogP contribution < -0.4 is 5.32 Å². The molecule has 0 bridgehead atoms. The largest absolute Gasteiger partial charge is 0.481 e. The first-order chi connectivity index (χ1) is 16.3. The molecule has 180 valence electrons. The highest BCUT2D eigenvalue weighted by atomic mass is 16.4. The number of carbonyl (C=O) groups is 2. The lowest BCUT2D eigenvalue weighted by atomic mass is 10.0. The summed E-state index contributed by atoms with van der Waals surface area (Å²) in [7, 11) is 1.95. The number of carbonyl (C=O) groups excluding carboxylic acids is 1. The summed E-state index contributed by atoms with van der Waals surface area (Å²) in [6.07, 6.45) is 3.15. The predicted molar refractivity (Wildman–Crippen MR) is 138 cm³/mol. The molecule has 1 heterocycles. The van der Waals surface area contributed by atoms with Gasteiger partial charge in [-0.25, -0.2) is 0 Å². The number of nitrogens with zero attached hydrogens (tertiary/aromatic N) is 1. The molecule has 3 rings (SSSR count). The molecule has 3 aromatic rings. The number of hydrogen-bond donors (Lipinski definition) is 2. The van der Waals surface area contributed by atoms with E-state index >= 15 is 0 Å². The summed E-state index contributed by atoms with van der Waals surface area (Å²) in [6, 6.07) is 18.3. The van der Waals surface area contributed by atoms with Crippen molar-refractivity contribution < 1.29 is 14.7 Å². The molecule has 0 fully saturated rings. The number of carboxylic acid groups (broad SMARTS) is 1. The number of anilines is 1. The molecule has 0 aliphatic carbocycles. The van der Waals surface area contributed by atoms with E-state index in [0.29, 0.717) is 36.4 Å². The van der Waals surface area contributed by atoms with Crippen molar-refractivity contribution in [3.63, 3.8) is 0 Å². The zero-order chi connectivity index (χ0) is 24.7. The molecule has 0 amide bonds. The minimum atomic E-state index is -0.794. The monoisotopic (exact) mass is 460 g/mol. The van der Waals surface area contributed by atoms with Crippen LogP contribution in [-0.4, -0.2) is 21.4 Å². The minimum Gasteiger partial charge on any atom is -0.481 e. The maximum absolute atomic E-state index is 13.4. The number of aromatic nitrogens is 1. The van der Waals surface area contributed by atoms with Crippen LogP contribution in [0.2, 0.25) is 0 Å². The average molecular weight is 461 g/mol. The molecular weight excluding hydrogens is 424 g/mol. The quantitative estimate of drug-likeness (QED) is 0.323. The summed E-state index contributed by atoms with van der Waals surface area (Å²) in [6.45, 7) is 7.18. The van der Waals surface area contributed by atoms with Gasteiger partial charge in [-0.1, -0.05) is 57.2 Å². The van der Waals surface area contributed by atoms with Gasteiger partial charge in [0.05, 0.1) is 0 Å². The van der Waals surface area contributed by atoms with Gasteiger partial charge in [0.25, 0.3) is 0 Å². The fraction of sp³-hybridized carbons (Fsp3) is 0.379. The number of carboxylic acids is 1. The van der Waals surface area contributed by atoms with Crippen LogP contribution >= 0.6 is 0 Å². The SMILES string of the molecule is CCc1c(C(=O)c2cccc(NCc3ccc(CC(C)C)cc3)c2)cc(CCCC(=O)O)n1C. The van der Waals surface area contributed by atoms with E-state index in [1.807, 2.05) is 48.9 Å². The molecule has 5 heteroatoms. The van der Waals surface area contributed by atoms with E-state index in [1.165, 1.54) is 11.1 Å². The van der Waals surface area contributed by atoms with Crippen molar-refractivity contribution in [3.8, 4) is 0 Å². The van der Waals surface area contributed by atoms with Crippen molar-refractivity contribution in [2.24, 2.45) is 13.0 Å². The van der Waals surface area contributed by atoms with Gasteiger partial charge in [0.15, 0.2) is 5.78 Å². The van der Waals surface area contributed by atoms with Crippen LogP contribution in [0.5, 0.6) is 0 Å². The molecule has 0 saturated carbocycles. The first-order valence-corrected chi connectivity index (χ1v) is 12.1. The third-order valence-corrected chi connectivity index (χ3v) is 6.15. The summed E-state index contributed by atoms with van der Waals surface area (Å²) in [5, 5.41) is 12.4. The van der Waals surface area contributed by atoms with Crippen molar-refractivity contribution in [2.45, 2.75) is 59.4 Å². The van der Waals surface area contributed by atoms with Crippen molar-refractivity contribution in [1.29, 1.82) is 0 Å². The van der Waals surface area contributed by atoms with Crippen molar-refractivity contribution >= 4 is 17.4 Å². The van der Waals surface area contributed by atoms with E-state index in [2.05, 4.69) is 43.4 Å². The maximum Gasteiger partial charge on any atom is 0.303 e. The van der Waals surface area contributed by atoms with Gasteiger partial charge in [-0.2, -0.15) is 0 Å². The number of ketones is 1. The highest BCUT2D eigenvalue weighted by molar-refractivity contribution is 6.10. The van der Waals surface area contributed by atoms with Gasteiger partial charge in [0, 0.05) is 48.2 Å². The van der Waals surface area contributed by atoms with Crippen LogP contribution in [-0.2, 0) is 37.6 Å². The molecule has 2 aromatic carbocycles. The molecular formula is C29H36N2O3. The molecule has 0 saturated heterocycles. The number of aryl methyl sites for hydroxylation is 1. The van der Waals surface area contributed by atoms with Crippen molar-refractivity contribution in [3.05, 3.63) is 88.2 Å². The Morgan fingerprint density at radius 2 is 1.74 bits per heavy atom. The Bertz CT molecular complexity index is 1130. The van der Waals surface area contributed by atoms with Crippen LogP contribution in [0.15, 0.2) is 54.6 Å². The molecule has 0 radical (unpaired) electrons. The van der Waals surface area contributed by atoms with Gasteiger partial charge in [0.2, 0.25) is 0 Å². The van der Waals surface area contributed by atoms with Gasteiger partial charge in [0.1, 0.15) is 0 Å². The summed E-state index contributed by atoms with van der Waals surface area (Å²) >= 11 is 0. The molecule has 0 unspecified atom stereocenters. The van der Waals surface area contributed by atoms with Crippen molar-refractivity contribution in [1.82, 2.24) is 4.57 Å². The Labute approximate surface area is 202 Å². The molecule has 34 heavy (non-hydrogen) atoms. The number of hydrogen-bond acceptors (Lipinski definition) is 3. The second kappa shape index (κ2) is 11.7. The van der Waals surface area contributed by atoms with E-state index in [9.17, 15) is 9.59 Å². The second-order valence-electron chi connectivity index (χ2n) is 9.33. The summed E-state index contributed by atoms with van der Waals surface area (Å²) in [4.78, 5) is 24.2. The lowest BCUT2D eigenvalue weighted by Gasteiger charge is -2.10. The second-order valence-corrected chi connectivity index (χ2v) is 9.33. The van der Waals surface area contributed by atoms with Crippen molar-refractivity contribution in [2.75, 3.05) is 5.32 Å². The minimum absolute atomic E-state index is 0.00128. The maximum atomic E-state index is 13.4. The van der Waals surface area contributed by atoms with E-state index in [-0.39, 0.29) is 12.2 Å². The first-order valence-electron chi connectivity index (χ1n) is 12.1. The van der Waals surface area contributed by atoms with E-state index in [0.717, 1.165) is 29.9 Å². The van der Waals surface area contributed by atoms with Crippen LogP contribution in [0.4, 0.5) is 5.69 Å². The first kappa shape index (κ1) is 25.3. The molecule has 1 aromatic heterocycles. The van der Waals surface area contributed by atoms with Gasteiger partial charge in [-0.3, -0.25) is 9.59 Å². The predicted octanol–water partition coefficient (Wildman–Crippen LogP) is 6.04. The van der Waals surface area contributed by atoms with Gasteiger partial charge < -0.3 is 15.0 Å². The van der Waals surface area contributed by atoms with Crippen LogP contribution in [0, 0.1) is 5.92 Å². The number of aliphatic carboxylic acids is 1. The number of rotatable bonds is 12. The smallest absolute Gasteiger partial charge is 0.303 e. The lowest BCUT2D eigenvalue weighted by molar-refractivity contribution is -0.137. The zero-order valence-corrected chi connectivity index (χ0v) is 20.7. The van der Waals surface area contributed by atoms with Crippen LogP contribution in [0.25, 0.3) is 0 Å². The Hall–Kier alpha value is -3.34. The zero-order valence-electron chi connectivity index (χ0n) is 20.7. The molecule has 2 N–H and O–H groups in total.